The van der Waals surface area contributed by atoms with Crippen molar-refractivity contribution in [2.45, 2.75) is 32.4 Å². The summed E-state index contributed by atoms with van der Waals surface area (Å²) in [6.45, 7) is 3.71. The van der Waals surface area contributed by atoms with Gasteiger partial charge in [-0.1, -0.05) is 11.6 Å². The van der Waals surface area contributed by atoms with Crippen LogP contribution in [0.25, 0.3) is 10.9 Å². The van der Waals surface area contributed by atoms with Gasteiger partial charge in [-0.05, 0) is 43.7 Å². The van der Waals surface area contributed by atoms with Crippen LogP contribution in [-0.2, 0) is 17.8 Å². The molecule has 0 aliphatic carbocycles. The number of benzene rings is 1. The van der Waals surface area contributed by atoms with Crippen LogP contribution in [0.3, 0.4) is 0 Å². The smallest absolute Gasteiger partial charge is 0.305 e. The van der Waals surface area contributed by atoms with Gasteiger partial charge in [-0.15, -0.1) is 0 Å². The minimum absolute atomic E-state index is 0.108. The lowest BCUT2D eigenvalue weighted by atomic mass is 9.97. The van der Waals surface area contributed by atoms with Gasteiger partial charge >= 0.3 is 5.97 Å². The van der Waals surface area contributed by atoms with Crippen LogP contribution in [0.4, 0.5) is 0 Å². The van der Waals surface area contributed by atoms with Crippen LogP contribution >= 0.6 is 11.6 Å². The number of nitrogens with one attached hydrogen (secondary N) is 1. The monoisotopic (exact) mass is 292 g/mol. The average molecular weight is 293 g/mol. The van der Waals surface area contributed by atoms with E-state index in [1.165, 1.54) is 5.56 Å². The SMILES string of the molecule is CCn1c2c(c3cc(Cl)ccc31)CCNC2CC(=O)O. The van der Waals surface area contributed by atoms with Gasteiger partial charge in [0, 0.05) is 28.2 Å². The van der Waals surface area contributed by atoms with E-state index in [-0.39, 0.29) is 12.5 Å². The predicted molar refractivity (Wildman–Crippen MR) is 79.3 cm³/mol. The molecule has 1 atom stereocenters. The Morgan fingerprint density at radius 2 is 2.35 bits per heavy atom. The van der Waals surface area contributed by atoms with Crippen LogP contribution in [-0.4, -0.2) is 22.2 Å². The van der Waals surface area contributed by atoms with Gasteiger partial charge in [-0.3, -0.25) is 4.79 Å². The summed E-state index contributed by atoms with van der Waals surface area (Å²) in [5, 5.41) is 14.3. The number of aryl methyl sites for hydroxylation is 1. The molecule has 1 aromatic heterocycles. The molecule has 1 aromatic carbocycles. The molecule has 0 fully saturated rings. The molecule has 2 N–H and O–H groups in total. The second kappa shape index (κ2) is 5.11. The summed E-state index contributed by atoms with van der Waals surface area (Å²) in [5.74, 6) is -0.777. The summed E-state index contributed by atoms with van der Waals surface area (Å²) in [4.78, 5) is 11.1. The highest BCUT2D eigenvalue weighted by atomic mass is 35.5. The van der Waals surface area contributed by atoms with Gasteiger partial charge in [-0.25, -0.2) is 0 Å². The van der Waals surface area contributed by atoms with Crippen molar-refractivity contribution in [3.8, 4) is 0 Å². The highest BCUT2D eigenvalue weighted by molar-refractivity contribution is 6.31. The van der Waals surface area contributed by atoms with Crippen molar-refractivity contribution in [2.75, 3.05) is 6.54 Å². The fraction of sp³-hybridized carbons (Fsp3) is 0.400. The van der Waals surface area contributed by atoms with Crippen molar-refractivity contribution in [3.63, 3.8) is 0 Å². The van der Waals surface area contributed by atoms with Gasteiger partial charge in [0.05, 0.1) is 12.5 Å². The summed E-state index contributed by atoms with van der Waals surface area (Å²) >= 11 is 6.12. The number of rotatable bonds is 3. The number of nitrogens with zero attached hydrogens (tertiary/aromatic N) is 1. The Balaban J connectivity index is 2.24. The molecule has 0 amide bonds. The second-order valence-corrected chi connectivity index (χ2v) is 5.56. The van der Waals surface area contributed by atoms with Crippen LogP contribution in [0.1, 0.15) is 30.6 Å². The minimum Gasteiger partial charge on any atom is -0.481 e. The molecule has 0 spiro atoms. The summed E-state index contributed by atoms with van der Waals surface area (Å²) in [5.41, 5.74) is 3.49. The van der Waals surface area contributed by atoms with E-state index in [1.54, 1.807) is 0 Å². The third kappa shape index (κ3) is 2.09. The second-order valence-electron chi connectivity index (χ2n) is 5.12. The third-order valence-electron chi connectivity index (χ3n) is 3.97. The van der Waals surface area contributed by atoms with E-state index in [0.29, 0.717) is 0 Å². The normalized spacial score (nSPS) is 18.2. The maximum Gasteiger partial charge on any atom is 0.305 e. The molecule has 106 valence electrons. The van der Waals surface area contributed by atoms with E-state index in [4.69, 9.17) is 16.7 Å². The summed E-state index contributed by atoms with van der Waals surface area (Å²) in [6.07, 6.45) is 1.02. The molecule has 2 aromatic rings. The van der Waals surface area contributed by atoms with Gasteiger partial charge in [0.25, 0.3) is 0 Å². The molecule has 1 unspecified atom stereocenters. The maximum atomic E-state index is 11.1. The Hall–Kier alpha value is -1.52. The summed E-state index contributed by atoms with van der Waals surface area (Å²) < 4.78 is 2.21. The largest absolute Gasteiger partial charge is 0.481 e. The molecule has 0 bridgehead atoms. The molecule has 0 saturated carbocycles. The van der Waals surface area contributed by atoms with Crippen molar-refractivity contribution in [2.24, 2.45) is 0 Å². The van der Waals surface area contributed by atoms with E-state index in [9.17, 15) is 4.79 Å². The molecule has 1 aliphatic heterocycles. The molecule has 0 saturated heterocycles. The number of fused-ring (bicyclic) bond motifs is 3. The van der Waals surface area contributed by atoms with E-state index >= 15 is 0 Å². The first-order valence-corrected chi connectivity index (χ1v) is 7.25. The minimum atomic E-state index is -0.777. The van der Waals surface area contributed by atoms with Crippen LogP contribution in [0, 0.1) is 0 Å². The molecule has 0 radical (unpaired) electrons. The fourth-order valence-electron chi connectivity index (χ4n) is 3.23. The van der Waals surface area contributed by atoms with E-state index in [1.807, 2.05) is 18.2 Å². The summed E-state index contributed by atoms with van der Waals surface area (Å²) in [6, 6.07) is 5.78. The maximum absolute atomic E-state index is 11.1. The molecular weight excluding hydrogens is 276 g/mol. The highest BCUT2D eigenvalue weighted by Crippen LogP contribution is 2.35. The quantitative estimate of drug-likeness (QED) is 0.914. The lowest BCUT2D eigenvalue weighted by molar-refractivity contribution is -0.137. The van der Waals surface area contributed by atoms with Gasteiger partial charge in [0.2, 0.25) is 0 Å². The zero-order valence-electron chi connectivity index (χ0n) is 11.3. The predicted octanol–water partition coefficient (Wildman–Crippen LogP) is 2.98. The fourth-order valence-corrected chi connectivity index (χ4v) is 3.40. The molecule has 1 aliphatic rings. The van der Waals surface area contributed by atoms with Crippen molar-refractivity contribution < 1.29 is 9.90 Å². The van der Waals surface area contributed by atoms with Gasteiger partial charge in [0.1, 0.15) is 0 Å². The lowest BCUT2D eigenvalue weighted by Gasteiger charge is -2.25. The number of hydrogen-bond acceptors (Lipinski definition) is 2. The Kier molecular flexibility index (Phi) is 3.44. The van der Waals surface area contributed by atoms with E-state index in [0.717, 1.165) is 41.1 Å². The Labute approximate surface area is 122 Å². The zero-order chi connectivity index (χ0) is 14.3. The van der Waals surface area contributed by atoms with Crippen molar-refractivity contribution in [3.05, 3.63) is 34.5 Å². The molecule has 20 heavy (non-hydrogen) atoms. The molecule has 2 heterocycles. The molecule has 3 rings (SSSR count). The van der Waals surface area contributed by atoms with Crippen LogP contribution < -0.4 is 5.32 Å². The van der Waals surface area contributed by atoms with Crippen molar-refractivity contribution >= 4 is 28.5 Å². The third-order valence-corrected chi connectivity index (χ3v) is 4.20. The number of halogens is 1. The number of aliphatic carboxylic acids is 1. The van der Waals surface area contributed by atoms with Crippen molar-refractivity contribution in [1.82, 2.24) is 9.88 Å². The molecule has 5 heteroatoms. The highest BCUT2D eigenvalue weighted by Gasteiger charge is 2.28. The topological polar surface area (TPSA) is 54.3 Å². The Morgan fingerprint density at radius 1 is 1.55 bits per heavy atom. The molecule has 4 nitrogen and oxygen atoms in total. The first-order chi connectivity index (χ1) is 9.61. The number of aromatic nitrogens is 1. The Bertz CT molecular complexity index is 678. The standard InChI is InChI=1S/C15H17ClN2O2/c1-2-18-13-4-3-9(16)7-11(13)10-5-6-17-12(15(10)18)8-14(19)20/h3-4,7,12,17H,2,5-6,8H2,1H3,(H,19,20). The van der Waals surface area contributed by atoms with Crippen LogP contribution in [0.2, 0.25) is 5.02 Å². The van der Waals surface area contributed by atoms with E-state index in [2.05, 4.69) is 16.8 Å². The lowest BCUT2D eigenvalue weighted by Crippen LogP contribution is -2.32. The van der Waals surface area contributed by atoms with Gasteiger partial charge < -0.3 is 15.0 Å². The number of carboxylic acid groups (broad SMARTS) is 1. The number of hydrogen-bond donors (Lipinski definition) is 2. The van der Waals surface area contributed by atoms with Crippen LogP contribution in [0.5, 0.6) is 0 Å². The first kappa shape index (κ1) is 13.5. The van der Waals surface area contributed by atoms with Gasteiger partial charge in [0.15, 0.2) is 0 Å². The zero-order valence-corrected chi connectivity index (χ0v) is 12.1. The first-order valence-electron chi connectivity index (χ1n) is 6.87. The molecular formula is C15H17ClN2O2. The van der Waals surface area contributed by atoms with E-state index < -0.39 is 5.97 Å². The van der Waals surface area contributed by atoms with Gasteiger partial charge in [-0.2, -0.15) is 0 Å². The number of carboxylic acids is 1. The average Bonchev–Trinajstić information content (AvgIpc) is 2.72. The van der Waals surface area contributed by atoms with Crippen LogP contribution in [0.15, 0.2) is 18.2 Å². The van der Waals surface area contributed by atoms with Crippen molar-refractivity contribution in [1.29, 1.82) is 0 Å². The summed E-state index contributed by atoms with van der Waals surface area (Å²) in [7, 11) is 0. The Morgan fingerprint density at radius 3 is 3.05 bits per heavy atom. The number of carbonyl (C=O) groups is 1.